The van der Waals surface area contributed by atoms with Crippen LogP contribution in [0.2, 0.25) is 0 Å². The molecule has 1 atom stereocenters. The number of likely N-dealkylation sites (N-methyl/N-ethyl adjacent to an activating group) is 1. The smallest absolute Gasteiger partial charge is 0.305 e. The molecule has 0 radical (unpaired) electrons. The van der Waals surface area contributed by atoms with Crippen LogP contribution in [0, 0.1) is 0 Å². The second-order valence-electron chi connectivity index (χ2n) is 3.95. The van der Waals surface area contributed by atoms with Crippen LogP contribution in [0.5, 0.6) is 0 Å². The zero-order valence-corrected chi connectivity index (χ0v) is 10.4. The van der Waals surface area contributed by atoms with Gasteiger partial charge in [0.1, 0.15) is 6.04 Å². The number of hydrogen-bond donors (Lipinski definition) is 2. The highest BCUT2D eigenvalue weighted by Crippen LogP contribution is 2.12. The average molecular weight is 250 g/mol. The molecule has 1 amide bonds. The third-order valence-electron chi connectivity index (χ3n) is 2.71. The van der Waals surface area contributed by atoms with Crippen LogP contribution in [0.15, 0.2) is 30.3 Å². The standard InChI is InChI=1S/C13H18N2O3/c1-2-15(9-8-11(16)17)13(18)12(14)10-6-4-3-5-7-10/h3-7,12H,2,8-9,14H2,1H3,(H,16,17)/t12-/m0/s1. The lowest BCUT2D eigenvalue weighted by Crippen LogP contribution is -2.39. The zero-order chi connectivity index (χ0) is 13.5. The molecule has 1 rings (SSSR count). The van der Waals surface area contributed by atoms with Crippen molar-refractivity contribution in [2.24, 2.45) is 5.73 Å². The van der Waals surface area contributed by atoms with Gasteiger partial charge in [-0.2, -0.15) is 0 Å². The van der Waals surface area contributed by atoms with Gasteiger partial charge >= 0.3 is 5.97 Å². The van der Waals surface area contributed by atoms with Crippen molar-refractivity contribution in [2.75, 3.05) is 13.1 Å². The maximum atomic E-state index is 12.1. The SMILES string of the molecule is CCN(CCC(=O)O)C(=O)[C@@H](N)c1ccccc1. The van der Waals surface area contributed by atoms with E-state index in [-0.39, 0.29) is 18.9 Å². The zero-order valence-electron chi connectivity index (χ0n) is 10.4. The van der Waals surface area contributed by atoms with Gasteiger partial charge in [-0.15, -0.1) is 0 Å². The van der Waals surface area contributed by atoms with Crippen molar-refractivity contribution in [2.45, 2.75) is 19.4 Å². The molecule has 5 nitrogen and oxygen atoms in total. The summed E-state index contributed by atoms with van der Waals surface area (Å²) in [6.45, 7) is 2.44. The quantitative estimate of drug-likeness (QED) is 0.789. The number of nitrogens with zero attached hydrogens (tertiary/aromatic N) is 1. The van der Waals surface area contributed by atoms with E-state index in [1.807, 2.05) is 18.2 Å². The van der Waals surface area contributed by atoms with Crippen molar-refractivity contribution >= 4 is 11.9 Å². The molecule has 1 aromatic carbocycles. The largest absolute Gasteiger partial charge is 0.481 e. The molecule has 0 bridgehead atoms. The molecule has 0 saturated carbocycles. The van der Waals surface area contributed by atoms with E-state index in [0.29, 0.717) is 6.54 Å². The Morgan fingerprint density at radius 2 is 1.94 bits per heavy atom. The van der Waals surface area contributed by atoms with E-state index < -0.39 is 12.0 Å². The van der Waals surface area contributed by atoms with Crippen LogP contribution >= 0.6 is 0 Å². The number of carboxylic acid groups (broad SMARTS) is 1. The summed E-state index contributed by atoms with van der Waals surface area (Å²) in [5.41, 5.74) is 6.62. The first-order chi connectivity index (χ1) is 8.56. The number of rotatable bonds is 6. The second-order valence-corrected chi connectivity index (χ2v) is 3.95. The molecule has 98 valence electrons. The maximum absolute atomic E-state index is 12.1. The van der Waals surface area contributed by atoms with E-state index >= 15 is 0 Å². The van der Waals surface area contributed by atoms with Crippen molar-refractivity contribution in [3.05, 3.63) is 35.9 Å². The molecule has 1 aromatic rings. The van der Waals surface area contributed by atoms with E-state index in [4.69, 9.17) is 10.8 Å². The van der Waals surface area contributed by atoms with Gasteiger partial charge in [0.25, 0.3) is 0 Å². The summed E-state index contributed by atoms with van der Waals surface area (Å²) in [5.74, 6) is -1.17. The van der Waals surface area contributed by atoms with Crippen molar-refractivity contribution in [1.29, 1.82) is 0 Å². The molecule has 0 spiro atoms. The summed E-state index contributed by atoms with van der Waals surface area (Å²) in [6, 6.07) is 8.32. The summed E-state index contributed by atoms with van der Waals surface area (Å²) in [6.07, 6.45) is -0.0684. The van der Waals surface area contributed by atoms with Crippen LogP contribution < -0.4 is 5.73 Å². The van der Waals surface area contributed by atoms with Crippen LogP contribution in [-0.2, 0) is 9.59 Å². The number of carbonyl (C=O) groups is 2. The van der Waals surface area contributed by atoms with Gasteiger partial charge in [-0.1, -0.05) is 30.3 Å². The van der Waals surface area contributed by atoms with Gasteiger partial charge in [0.2, 0.25) is 5.91 Å². The molecule has 0 saturated heterocycles. The summed E-state index contributed by atoms with van der Waals surface area (Å²) in [4.78, 5) is 24.1. The number of nitrogens with two attached hydrogens (primary N) is 1. The minimum absolute atomic E-state index is 0.0684. The van der Waals surface area contributed by atoms with Gasteiger partial charge in [-0.25, -0.2) is 0 Å². The highest BCUT2D eigenvalue weighted by molar-refractivity contribution is 5.83. The molecule has 0 unspecified atom stereocenters. The average Bonchev–Trinajstić information content (AvgIpc) is 2.39. The third-order valence-corrected chi connectivity index (χ3v) is 2.71. The fourth-order valence-corrected chi connectivity index (χ4v) is 1.65. The number of carbonyl (C=O) groups excluding carboxylic acids is 1. The fraction of sp³-hybridized carbons (Fsp3) is 0.385. The van der Waals surface area contributed by atoms with Crippen molar-refractivity contribution in [3.63, 3.8) is 0 Å². The van der Waals surface area contributed by atoms with Crippen molar-refractivity contribution in [1.82, 2.24) is 4.90 Å². The second kappa shape index (κ2) is 6.76. The van der Waals surface area contributed by atoms with Gasteiger partial charge < -0.3 is 15.7 Å². The lowest BCUT2D eigenvalue weighted by Gasteiger charge is -2.23. The lowest BCUT2D eigenvalue weighted by molar-refractivity contribution is -0.138. The van der Waals surface area contributed by atoms with Crippen LogP contribution in [-0.4, -0.2) is 35.0 Å². The van der Waals surface area contributed by atoms with Crippen LogP contribution in [0.25, 0.3) is 0 Å². The van der Waals surface area contributed by atoms with Crippen molar-refractivity contribution < 1.29 is 14.7 Å². The lowest BCUT2D eigenvalue weighted by atomic mass is 10.1. The van der Waals surface area contributed by atoms with Gasteiger partial charge in [0.15, 0.2) is 0 Å². The number of benzene rings is 1. The summed E-state index contributed by atoms with van der Waals surface area (Å²) >= 11 is 0. The van der Waals surface area contributed by atoms with Crippen molar-refractivity contribution in [3.8, 4) is 0 Å². The molecule has 0 fully saturated rings. The Morgan fingerprint density at radius 1 is 1.33 bits per heavy atom. The summed E-state index contributed by atoms with van der Waals surface area (Å²) in [7, 11) is 0. The van der Waals surface area contributed by atoms with Gasteiger partial charge in [0, 0.05) is 13.1 Å². The molecule has 0 aliphatic heterocycles. The molecule has 0 aliphatic carbocycles. The Kier molecular flexibility index (Phi) is 5.32. The fourth-order valence-electron chi connectivity index (χ4n) is 1.65. The molecular formula is C13H18N2O3. The Bertz CT molecular complexity index is 406. The highest BCUT2D eigenvalue weighted by Gasteiger charge is 2.21. The van der Waals surface area contributed by atoms with E-state index in [1.54, 1.807) is 19.1 Å². The Hall–Kier alpha value is -1.88. The third kappa shape index (κ3) is 3.85. The molecule has 18 heavy (non-hydrogen) atoms. The van der Waals surface area contributed by atoms with Crippen LogP contribution in [0.1, 0.15) is 24.9 Å². The topological polar surface area (TPSA) is 83.6 Å². The Morgan fingerprint density at radius 3 is 2.44 bits per heavy atom. The number of carboxylic acids is 1. The normalized spacial score (nSPS) is 11.9. The van der Waals surface area contributed by atoms with E-state index in [9.17, 15) is 9.59 Å². The monoisotopic (exact) mass is 250 g/mol. The van der Waals surface area contributed by atoms with Gasteiger partial charge in [-0.3, -0.25) is 9.59 Å². The molecule has 0 aromatic heterocycles. The van der Waals surface area contributed by atoms with Crippen LogP contribution in [0.4, 0.5) is 0 Å². The maximum Gasteiger partial charge on any atom is 0.305 e. The first kappa shape index (κ1) is 14.2. The molecule has 3 N–H and O–H groups in total. The van der Waals surface area contributed by atoms with Gasteiger partial charge in [-0.05, 0) is 12.5 Å². The van der Waals surface area contributed by atoms with Crippen LogP contribution in [0.3, 0.4) is 0 Å². The molecular weight excluding hydrogens is 232 g/mol. The first-order valence-electron chi connectivity index (χ1n) is 5.87. The van der Waals surface area contributed by atoms with Gasteiger partial charge in [0.05, 0.1) is 6.42 Å². The molecule has 5 heteroatoms. The summed E-state index contributed by atoms with van der Waals surface area (Å²) in [5, 5.41) is 8.63. The van der Waals surface area contributed by atoms with E-state index in [2.05, 4.69) is 0 Å². The predicted octanol–water partition coefficient (Wildman–Crippen LogP) is 1.01. The van der Waals surface area contributed by atoms with E-state index in [0.717, 1.165) is 5.56 Å². The summed E-state index contributed by atoms with van der Waals surface area (Å²) < 4.78 is 0. The number of hydrogen-bond acceptors (Lipinski definition) is 3. The number of aliphatic carboxylic acids is 1. The minimum Gasteiger partial charge on any atom is -0.481 e. The van der Waals surface area contributed by atoms with E-state index in [1.165, 1.54) is 4.90 Å². The predicted molar refractivity (Wildman–Crippen MR) is 67.9 cm³/mol. The first-order valence-corrected chi connectivity index (χ1v) is 5.87. The highest BCUT2D eigenvalue weighted by atomic mass is 16.4. The Balaban J connectivity index is 2.69. The molecule has 0 aliphatic rings. The number of amides is 1. The molecule has 0 heterocycles. The Labute approximate surface area is 106 Å². The minimum atomic E-state index is -0.922.